The number of hydrogen-bond donors (Lipinski definition) is 5. The molecule has 9 atom stereocenters. The third-order valence-electron chi connectivity index (χ3n) is 9.16. The van der Waals surface area contributed by atoms with Gasteiger partial charge in [0.25, 0.3) is 0 Å². The van der Waals surface area contributed by atoms with Crippen LogP contribution in [0.4, 0.5) is 0 Å². The molecular formula is C32H36O10. The molecule has 3 aromatic carbocycles. The van der Waals surface area contributed by atoms with E-state index in [9.17, 15) is 25.5 Å². The molecule has 10 nitrogen and oxygen atoms in total. The van der Waals surface area contributed by atoms with Crippen molar-refractivity contribution >= 4 is 0 Å². The Hall–Kier alpha value is -3.38. The van der Waals surface area contributed by atoms with Gasteiger partial charge in [-0.25, -0.2) is 0 Å². The van der Waals surface area contributed by atoms with Gasteiger partial charge in [-0.1, -0.05) is 36.4 Å². The van der Waals surface area contributed by atoms with Gasteiger partial charge >= 0.3 is 0 Å². The Kier molecular flexibility index (Phi) is 7.12. The Morgan fingerprint density at radius 3 is 2.19 bits per heavy atom. The third-order valence-corrected chi connectivity index (χ3v) is 9.16. The van der Waals surface area contributed by atoms with Gasteiger partial charge < -0.3 is 49.2 Å². The van der Waals surface area contributed by atoms with E-state index >= 15 is 0 Å². The van der Waals surface area contributed by atoms with E-state index in [1.54, 1.807) is 37.3 Å². The molecule has 42 heavy (non-hydrogen) atoms. The summed E-state index contributed by atoms with van der Waals surface area (Å²) in [6, 6.07) is 17.9. The number of rotatable bonds is 6. The Morgan fingerprint density at radius 2 is 1.52 bits per heavy atom. The second-order valence-electron chi connectivity index (χ2n) is 11.2. The number of aliphatic hydroxyl groups is 5. The number of methoxy groups -OCH3 is 3. The first-order valence-corrected chi connectivity index (χ1v) is 13.9. The van der Waals surface area contributed by atoms with Crippen LogP contribution < -0.4 is 18.9 Å². The van der Waals surface area contributed by atoms with Crippen LogP contribution in [0.15, 0.2) is 60.7 Å². The van der Waals surface area contributed by atoms with Crippen LogP contribution in [0, 0.1) is 0 Å². The minimum absolute atomic E-state index is 0.168. The van der Waals surface area contributed by atoms with Crippen LogP contribution in [0.5, 0.6) is 23.0 Å². The average molecular weight is 581 g/mol. The number of aliphatic hydroxyl groups excluding tert-OH is 4. The van der Waals surface area contributed by atoms with Crippen molar-refractivity contribution in [3.63, 3.8) is 0 Å². The van der Waals surface area contributed by atoms with E-state index in [0.29, 0.717) is 39.7 Å². The van der Waals surface area contributed by atoms with Crippen LogP contribution in [0.1, 0.15) is 47.6 Å². The maximum Gasteiger partial charge on any atom is 0.176 e. The quantitative estimate of drug-likeness (QED) is 0.294. The minimum atomic E-state index is -1.97. The minimum Gasteiger partial charge on any atom is -0.496 e. The highest BCUT2D eigenvalue weighted by atomic mass is 16.5. The summed E-state index contributed by atoms with van der Waals surface area (Å²) in [6.07, 6.45) is -7.16. The van der Waals surface area contributed by atoms with Gasteiger partial charge in [0.05, 0.1) is 39.1 Å². The lowest BCUT2D eigenvalue weighted by molar-refractivity contribution is -0.220. The van der Waals surface area contributed by atoms with Gasteiger partial charge in [0, 0.05) is 29.2 Å². The monoisotopic (exact) mass is 580 g/mol. The fraction of sp³-hybridized carbons (Fsp3) is 0.438. The molecule has 6 rings (SSSR count). The fourth-order valence-electron chi connectivity index (χ4n) is 7.08. The van der Waals surface area contributed by atoms with Crippen molar-refractivity contribution in [2.45, 2.75) is 67.1 Å². The van der Waals surface area contributed by atoms with Crippen LogP contribution in [0.25, 0.3) is 0 Å². The molecule has 3 aromatic rings. The van der Waals surface area contributed by atoms with Crippen molar-refractivity contribution in [2.24, 2.45) is 0 Å². The first-order valence-electron chi connectivity index (χ1n) is 13.9. The van der Waals surface area contributed by atoms with E-state index in [1.165, 1.54) is 21.3 Å². The van der Waals surface area contributed by atoms with E-state index in [1.807, 2.05) is 30.3 Å². The Morgan fingerprint density at radius 1 is 0.810 bits per heavy atom. The van der Waals surface area contributed by atoms with Gasteiger partial charge in [0.2, 0.25) is 0 Å². The van der Waals surface area contributed by atoms with E-state index in [-0.39, 0.29) is 6.42 Å². The maximum atomic E-state index is 12.8. The van der Waals surface area contributed by atoms with Crippen molar-refractivity contribution < 1.29 is 49.2 Å². The van der Waals surface area contributed by atoms with Crippen LogP contribution in [-0.2, 0) is 15.9 Å². The summed E-state index contributed by atoms with van der Waals surface area (Å²) in [4.78, 5) is 0. The van der Waals surface area contributed by atoms with Crippen molar-refractivity contribution in [3.8, 4) is 23.0 Å². The second kappa shape index (κ2) is 10.4. The summed E-state index contributed by atoms with van der Waals surface area (Å²) in [6.45, 7) is 1.61. The van der Waals surface area contributed by atoms with Crippen LogP contribution in [0.2, 0.25) is 0 Å². The van der Waals surface area contributed by atoms with Crippen molar-refractivity contribution in [1.29, 1.82) is 0 Å². The van der Waals surface area contributed by atoms with E-state index in [4.69, 9.17) is 23.7 Å². The average Bonchev–Trinajstić information content (AvgIpc) is 3.41. The predicted octanol–water partition coefficient (Wildman–Crippen LogP) is 2.28. The topological polar surface area (TPSA) is 147 Å². The third kappa shape index (κ3) is 3.87. The molecule has 2 aliphatic heterocycles. The van der Waals surface area contributed by atoms with Crippen LogP contribution in [-0.4, -0.2) is 77.4 Å². The highest BCUT2D eigenvalue weighted by molar-refractivity contribution is 5.63. The predicted molar refractivity (Wildman–Crippen MR) is 150 cm³/mol. The van der Waals surface area contributed by atoms with Crippen molar-refractivity contribution in [2.75, 3.05) is 21.3 Å². The number of benzene rings is 3. The van der Waals surface area contributed by atoms with Gasteiger partial charge in [0.15, 0.2) is 11.2 Å². The van der Waals surface area contributed by atoms with Gasteiger partial charge in [0.1, 0.15) is 47.4 Å². The first-order chi connectivity index (χ1) is 20.1. The molecule has 5 N–H and O–H groups in total. The summed E-state index contributed by atoms with van der Waals surface area (Å²) >= 11 is 0. The standard InChI is InChI=1S/C32H36O10/c1-16-27(34)28(35)29(36)30(41-16)20-12-18(10-11-22(20)39-3)32-21(17-8-6-5-7-9-17)15-25(33)31(32,37)26-23(40-4)13-19(38-2)14-24(26)42-32/h5-14,16,21,25,27-30,33-37H,15H2,1-4H3/t16-,21-,25?,27-,28+,29+,30?,31+,32-/m0/s1. The lowest BCUT2D eigenvalue weighted by Crippen LogP contribution is -2.53. The number of fused-ring (bicyclic) bond motifs is 3. The van der Waals surface area contributed by atoms with E-state index in [0.717, 1.165) is 5.56 Å². The molecule has 0 bridgehead atoms. The van der Waals surface area contributed by atoms with E-state index < -0.39 is 53.7 Å². The van der Waals surface area contributed by atoms with Crippen molar-refractivity contribution in [3.05, 3.63) is 82.9 Å². The van der Waals surface area contributed by atoms with Crippen LogP contribution >= 0.6 is 0 Å². The zero-order chi connectivity index (χ0) is 30.0. The number of hydrogen-bond acceptors (Lipinski definition) is 10. The fourth-order valence-corrected chi connectivity index (χ4v) is 7.08. The first kappa shape index (κ1) is 28.7. The molecule has 10 heteroatoms. The number of ether oxygens (including phenoxy) is 5. The normalized spacial score (nSPS) is 35.2. The smallest absolute Gasteiger partial charge is 0.176 e. The molecule has 1 aliphatic carbocycles. The summed E-state index contributed by atoms with van der Waals surface area (Å²) in [7, 11) is 4.46. The van der Waals surface area contributed by atoms with Gasteiger partial charge in [-0.3, -0.25) is 0 Å². The lowest BCUT2D eigenvalue weighted by Gasteiger charge is -2.42. The molecule has 3 aliphatic rings. The Labute approximate surface area is 243 Å². The Balaban J connectivity index is 1.61. The molecule has 0 aromatic heterocycles. The van der Waals surface area contributed by atoms with Crippen LogP contribution in [0.3, 0.4) is 0 Å². The van der Waals surface area contributed by atoms with Gasteiger partial charge in [-0.2, -0.15) is 0 Å². The molecule has 0 amide bonds. The largest absolute Gasteiger partial charge is 0.496 e. The molecule has 2 unspecified atom stereocenters. The van der Waals surface area contributed by atoms with Gasteiger partial charge in [-0.05, 0) is 31.0 Å². The molecule has 0 spiro atoms. The zero-order valence-corrected chi connectivity index (χ0v) is 23.8. The summed E-state index contributed by atoms with van der Waals surface area (Å²) < 4.78 is 29.6. The summed E-state index contributed by atoms with van der Waals surface area (Å²) in [5.74, 6) is 0.875. The molecule has 1 saturated carbocycles. The highest BCUT2D eigenvalue weighted by Crippen LogP contribution is 2.68. The lowest BCUT2D eigenvalue weighted by atomic mass is 9.70. The molecular weight excluding hydrogens is 544 g/mol. The second-order valence-corrected chi connectivity index (χ2v) is 11.2. The van der Waals surface area contributed by atoms with Gasteiger partial charge in [-0.15, -0.1) is 0 Å². The highest BCUT2D eigenvalue weighted by Gasteiger charge is 2.73. The Bertz CT molecular complexity index is 1460. The summed E-state index contributed by atoms with van der Waals surface area (Å²) in [5.41, 5.74) is -1.54. The summed E-state index contributed by atoms with van der Waals surface area (Å²) in [5, 5.41) is 56.4. The molecule has 2 heterocycles. The van der Waals surface area contributed by atoms with E-state index in [2.05, 4.69) is 0 Å². The zero-order valence-electron chi connectivity index (χ0n) is 23.8. The maximum absolute atomic E-state index is 12.8. The molecule has 0 radical (unpaired) electrons. The molecule has 2 fully saturated rings. The SMILES string of the molecule is COc1cc(OC)c2c(c1)O[C@@]1(c3ccc(OC)c(C4O[C@@H](C)[C@H](O)[C@@H](O)[C@H]4O)c3)[C@H](c3ccccc3)CC(O)[C@@]21O. The van der Waals surface area contributed by atoms with Crippen molar-refractivity contribution in [1.82, 2.24) is 0 Å². The molecule has 224 valence electrons. The molecule has 1 saturated heterocycles.